The minimum atomic E-state index is -0.713. The normalized spacial score (nSPS) is 10.6. The van der Waals surface area contributed by atoms with Crippen molar-refractivity contribution in [3.63, 3.8) is 0 Å². The van der Waals surface area contributed by atoms with E-state index in [2.05, 4.69) is 34.5 Å². The first-order valence-electron chi connectivity index (χ1n) is 16.6. The molecule has 0 fully saturated rings. The molecule has 0 bridgehead atoms. The molecule has 50 heavy (non-hydrogen) atoms. The number of aliphatic hydroxyl groups is 1. The third kappa shape index (κ3) is 20.3. The van der Waals surface area contributed by atoms with E-state index in [9.17, 15) is 14.4 Å². The number of aryl methyl sites for hydroxylation is 1. The van der Waals surface area contributed by atoms with Gasteiger partial charge in [0.05, 0.1) is 24.7 Å². The van der Waals surface area contributed by atoms with Crippen LogP contribution in [0.3, 0.4) is 0 Å². The summed E-state index contributed by atoms with van der Waals surface area (Å²) < 4.78 is 20.8. The van der Waals surface area contributed by atoms with Crippen molar-refractivity contribution in [3.8, 4) is 11.5 Å². The Labute approximate surface area is 296 Å². The maximum Gasteiger partial charge on any atom is 0.404 e. The molecule has 0 heterocycles. The van der Waals surface area contributed by atoms with Crippen LogP contribution >= 0.6 is 0 Å². The SMILES string of the molecule is CC(C)OC(N)=O.CCN(CC)CCOC.O=Cc1ccc(NC(=O)CCc2ccc(OCc3ccccc3)cc2)c(OC/C=C/C=C\O)c1. The van der Waals surface area contributed by atoms with Crippen molar-refractivity contribution in [1.82, 2.24) is 4.90 Å². The molecule has 2 amide bonds. The number of likely N-dealkylation sites (N-methyl/N-ethyl adjacent to an activating group) is 1. The van der Waals surface area contributed by atoms with Gasteiger partial charge in [0.25, 0.3) is 0 Å². The highest BCUT2D eigenvalue weighted by Gasteiger charge is 2.10. The van der Waals surface area contributed by atoms with E-state index < -0.39 is 6.09 Å². The number of primary amides is 1. The summed E-state index contributed by atoms with van der Waals surface area (Å²) in [6, 6.07) is 22.5. The highest BCUT2D eigenvalue weighted by atomic mass is 16.6. The molecule has 0 aliphatic rings. The van der Waals surface area contributed by atoms with Crippen molar-refractivity contribution in [2.75, 3.05) is 45.3 Å². The van der Waals surface area contributed by atoms with E-state index in [1.807, 2.05) is 54.6 Å². The van der Waals surface area contributed by atoms with Crippen LogP contribution in [0.5, 0.6) is 11.5 Å². The van der Waals surface area contributed by atoms with Crippen LogP contribution in [0, 0.1) is 0 Å². The number of nitrogens with two attached hydrogens (primary N) is 1. The van der Waals surface area contributed by atoms with Crippen LogP contribution in [0.4, 0.5) is 10.5 Å². The number of hydrogen-bond donors (Lipinski definition) is 3. The van der Waals surface area contributed by atoms with Gasteiger partial charge in [0.15, 0.2) is 0 Å². The second-order valence-electron chi connectivity index (χ2n) is 10.9. The molecular weight excluding hydrogens is 638 g/mol. The van der Waals surface area contributed by atoms with E-state index in [4.69, 9.17) is 19.3 Å². The zero-order chi connectivity index (χ0) is 37.0. The minimum Gasteiger partial charge on any atom is -0.516 e. The van der Waals surface area contributed by atoms with Gasteiger partial charge in [0.2, 0.25) is 5.91 Å². The second kappa shape index (κ2) is 26.8. The number of nitrogens with one attached hydrogen (secondary N) is 1. The molecule has 11 nitrogen and oxygen atoms in total. The molecule has 0 aliphatic carbocycles. The number of aldehydes is 1. The fraction of sp³-hybridized carbons (Fsp3) is 0.359. The van der Waals surface area contributed by atoms with Crippen LogP contribution in [0.1, 0.15) is 55.6 Å². The summed E-state index contributed by atoms with van der Waals surface area (Å²) in [5, 5.41) is 11.5. The lowest BCUT2D eigenvalue weighted by molar-refractivity contribution is -0.116. The first-order valence-corrected chi connectivity index (χ1v) is 16.6. The quantitative estimate of drug-likeness (QED) is 0.0720. The third-order valence-electron chi connectivity index (χ3n) is 6.75. The number of carbonyl (C=O) groups is 3. The van der Waals surface area contributed by atoms with E-state index in [0.717, 1.165) is 55.7 Å². The molecule has 3 aromatic carbocycles. The molecule has 0 spiro atoms. The second-order valence-corrected chi connectivity index (χ2v) is 10.9. The molecule has 0 atom stereocenters. The summed E-state index contributed by atoms with van der Waals surface area (Å²) in [5.41, 5.74) is 7.70. The van der Waals surface area contributed by atoms with E-state index in [0.29, 0.717) is 36.4 Å². The Morgan fingerprint density at radius 3 is 2.20 bits per heavy atom. The highest BCUT2D eigenvalue weighted by molar-refractivity contribution is 5.93. The van der Waals surface area contributed by atoms with Crippen molar-refractivity contribution in [1.29, 1.82) is 0 Å². The minimum absolute atomic E-state index is 0.0995. The average Bonchev–Trinajstić information content (AvgIpc) is 3.11. The molecule has 3 aromatic rings. The summed E-state index contributed by atoms with van der Waals surface area (Å²) in [6.45, 7) is 12.7. The summed E-state index contributed by atoms with van der Waals surface area (Å²) in [6.07, 6.45) is 6.46. The topological polar surface area (TPSA) is 150 Å². The Bertz CT molecular complexity index is 1420. The van der Waals surface area contributed by atoms with E-state index in [-0.39, 0.29) is 18.6 Å². The number of nitrogens with zero attached hydrogens (tertiary/aromatic N) is 1. The van der Waals surface area contributed by atoms with Gasteiger partial charge in [-0.1, -0.05) is 62.4 Å². The number of hydrogen-bond acceptors (Lipinski definition) is 9. The van der Waals surface area contributed by atoms with Crippen molar-refractivity contribution in [2.45, 2.75) is 53.2 Å². The van der Waals surface area contributed by atoms with Crippen LogP contribution < -0.4 is 20.5 Å². The molecule has 0 saturated heterocycles. The lowest BCUT2D eigenvalue weighted by Crippen LogP contribution is -2.26. The van der Waals surface area contributed by atoms with Gasteiger partial charge in [-0.3, -0.25) is 9.59 Å². The van der Waals surface area contributed by atoms with Crippen LogP contribution in [-0.2, 0) is 27.3 Å². The Morgan fingerprint density at radius 2 is 1.64 bits per heavy atom. The number of allylic oxidation sites excluding steroid dienone is 2. The van der Waals surface area contributed by atoms with Gasteiger partial charge >= 0.3 is 6.09 Å². The van der Waals surface area contributed by atoms with Crippen LogP contribution in [0.15, 0.2) is 97.3 Å². The number of rotatable bonds is 18. The van der Waals surface area contributed by atoms with Crippen LogP contribution in [-0.4, -0.2) is 74.4 Å². The predicted molar refractivity (Wildman–Crippen MR) is 198 cm³/mol. The van der Waals surface area contributed by atoms with Crippen LogP contribution in [0.2, 0.25) is 0 Å². The Kier molecular flexibility index (Phi) is 23.0. The molecule has 0 unspecified atom stereocenters. The molecular formula is C39H53N3O8. The maximum atomic E-state index is 12.5. The lowest BCUT2D eigenvalue weighted by Gasteiger charge is -2.16. The van der Waals surface area contributed by atoms with Gasteiger partial charge in [0.1, 0.15) is 31.0 Å². The molecule has 0 aromatic heterocycles. The highest BCUT2D eigenvalue weighted by Crippen LogP contribution is 2.26. The standard InChI is InChI=1S/C28H27NO5.C7H17NO.C4H9NO2/c30-17-5-2-6-18-33-27-19-24(20-31)11-15-26(27)29-28(32)16-12-22-9-13-25(14-10-22)34-21-23-7-3-1-4-8-23;1-4-8(5-2)6-7-9-3;1-3(2)7-4(5)6/h1-11,13-15,17,19-20,30H,12,16,18,21H2,(H,29,32);4-7H2,1-3H3;3H,1-2H3,(H2,5,6)/b6-2+,17-5-;;. The van der Waals surface area contributed by atoms with Crippen molar-refractivity contribution < 1.29 is 38.4 Å². The van der Waals surface area contributed by atoms with Crippen molar-refractivity contribution in [2.24, 2.45) is 5.73 Å². The zero-order valence-electron chi connectivity index (χ0n) is 29.9. The first-order chi connectivity index (χ1) is 24.1. The fourth-order valence-corrected chi connectivity index (χ4v) is 4.11. The van der Waals surface area contributed by atoms with Crippen molar-refractivity contribution in [3.05, 3.63) is 114 Å². The molecule has 0 aliphatic heterocycles. The zero-order valence-corrected chi connectivity index (χ0v) is 29.9. The number of methoxy groups -OCH3 is 1. The number of anilines is 1. The molecule has 11 heteroatoms. The van der Waals surface area contributed by atoms with E-state index in [1.54, 1.807) is 51.3 Å². The molecule has 0 saturated carbocycles. The fourth-order valence-electron chi connectivity index (χ4n) is 4.11. The van der Waals surface area contributed by atoms with Gasteiger partial charge < -0.3 is 40.0 Å². The number of amides is 2. The number of ether oxygens (including phenoxy) is 4. The average molecular weight is 692 g/mol. The Hall–Kier alpha value is -5.13. The number of aliphatic hydroxyl groups excluding tert-OH is 1. The first kappa shape index (κ1) is 42.9. The smallest absolute Gasteiger partial charge is 0.404 e. The van der Waals surface area contributed by atoms with Gasteiger partial charge in [-0.05, 0) is 87.0 Å². The Balaban J connectivity index is 0.000000646. The van der Waals surface area contributed by atoms with E-state index in [1.165, 1.54) is 6.08 Å². The monoisotopic (exact) mass is 691 g/mol. The largest absolute Gasteiger partial charge is 0.516 e. The number of carbonyl (C=O) groups excluding carboxylic acids is 3. The molecule has 272 valence electrons. The lowest BCUT2D eigenvalue weighted by atomic mass is 10.1. The molecule has 3 rings (SSSR count). The predicted octanol–water partition coefficient (Wildman–Crippen LogP) is 7.12. The van der Waals surface area contributed by atoms with Gasteiger partial charge in [-0.2, -0.15) is 0 Å². The molecule has 4 N–H and O–H groups in total. The van der Waals surface area contributed by atoms with E-state index >= 15 is 0 Å². The third-order valence-corrected chi connectivity index (χ3v) is 6.75. The number of benzene rings is 3. The van der Waals surface area contributed by atoms with Gasteiger partial charge in [0, 0.05) is 25.6 Å². The van der Waals surface area contributed by atoms with Crippen LogP contribution in [0.25, 0.3) is 0 Å². The maximum absolute atomic E-state index is 12.5. The van der Waals surface area contributed by atoms with Gasteiger partial charge in [-0.25, -0.2) is 4.79 Å². The Morgan fingerprint density at radius 1 is 0.940 bits per heavy atom. The van der Waals surface area contributed by atoms with Gasteiger partial charge in [-0.15, -0.1) is 0 Å². The summed E-state index contributed by atoms with van der Waals surface area (Å²) in [5.74, 6) is 1.01. The summed E-state index contributed by atoms with van der Waals surface area (Å²) in [4.78, 5) is 35.8. The summed E-state index contributed by atoms with van der Waals surface area (Å²) in [7, 11) is 1.74. The summed E-state index contributed by atoms with van der Waals surface area (Å²) >= 11 is 0. The molecule has 0 radical (unpaired) electrons. The van der Waals surface area contributed by atoms with Crippen molar-refractivity contribution >= 4 is 24.0 Å².